The maximum Gasteiger partial charge on any atom is 0.241 e. The molecule has 0 aliphatic carbocycles. The summed E-state index contributed by atoms with van der Waals surface area (Å²) in [5, 5.41) is 3.74. The van der Waals surface area contributed by atoms with Crippen molar-refractivity contribution in [2.75, 3.05) is 18.6 Å². The predicted molar refractivity (Wildman–Crippen MR) is 78.2 cm³/mol. The van der Waals surface area contributed by atoms with Crippen molar-refractivity contribution < 1.29 is 13.2 Å². The fourth-order valence-corrected chi connectivity index (χ4v) is 2.96. The zero-order valence-corrected chi connectivity index (χ0v) is 12.9. The van der Waals surface area contributed by atoms with Crippen molar-refractivity contribution in [3.63, 3.8) is 0 Å². The van der Waals surface area contributed by atoms with E-state index in [1.807, 2.05) is 12.1 Å². The Morgan fingerprint density at radius 2 is 2.10 bits per heavy atom. The Morgan fingerprint density at radius 3 is 2.70 bits per heavy atom. The standard InChI is InChI=1S/C13H17ClN2O3S/c1-9-13(17)16(6-7-20(2,18)19)12(15-9)10-4-3-5-11(14)8-10/h3-5,8-9,12,15H,6-7H2,1-2H3. The van der Waals surface area contributed by atoms with Gasteiger partial charge >= 0.3 is 0 Å². The molecule has 1 aromatic carbocycles. The molecule has 0 radical (unpaired) electrons. The van der Waals surface area contributed by atoms with Crippen molar-refractivity contribution >= 4 is 27.3 Å². The summed E-state index contributed by atoms with van der Waals surface area (Å²) < 4.78 is 22.6. The lowest BCUT2D eigenvalue weighted by Gasteiger charge is -2.24. The zero-order valence-electron chi connectivity index (χ0n) is 11.3. The minimum atomic E-state index is -3.11. The largest absolute Gasteiger partial charge is 0.321 e. The van der Waals surface area contributed by atoms with E-state index in [4.69, 9.17) is 11.6 Å². The molecule has 1 heterocycles. The van der Waals surface area contributed by atoms with Gasteiger partial charge in [0.25, 0.3) is 0 Å². The van der Waals surface area contributed by atoms with Crippen LogP contribution in [0.15, 0.2) is 24.3 Å². The van der Waals surface area contributed by atoms with Crippen LogP contribution in [0.5, 0.6) is 0 Å². The average Bonchev–Trinajstić information content (AvgIpc) is 2.62. The van der Waals surface area contributed by atoms with Gasteiger partial charge in [0, 0.05) is 17.8 Å². The lowest BCUT2D eigenvalue weighted by atomic mass is 10.1. The number of benzene rings is 1. The molecule has 2 atom stereocenters. The molecule has 7 heteroatoms. The van der Waals surface area contributed by atoms with Gasteiger partial charge in [-0.15, -0.1) is 0 Å². The molecule has 1 N–H and O–H groups in total. The van der Waals surface area contributed by atoms with Gasteiger partial charge in [-0.05, 0) is 24.6 Å². The summed E-state index contributed by atoms with van der Waals surface area (Å²) >= 11 is 5.97. The number of amides is 1. The molecule has 1 amide bonds. The Labute approximate surface area is 123 Å². The van der Waals surface area contributed by atoms with E-state index in [1.54, 1.807) is 24.0 Å². The Hall–Kier alpha value is -1.11. The normalized spacial score (nSPS) is 23.4. The van der Waals surface area contributed by atoms with Crippen molar-refractivity contribution in [1.82, 2.24) is 10.2 Å². The summed E-state index contributed by atoms with van der Waals surface area (Å²) in [5.74, 6) is -0.150. The smallest absolute Gasteiger partial charge is 0.241 e. The van der Waals surface area contributed by atoms with E-state index < -0.39 is 9.84 Å². The molecule has 0 bridgehead atoms. The van der Waals surface area contributed by atoms with Crippen LogP contribution >= 0.6 is 11.6 Å². The lowest BCUT2D eigenvalue weighted by molar-refractivity contribution is -0.129. The van der Waals surface area contributed by atoms with Crippen LogP contribution in [0.25, 0.3) is 0 Å². The Balaban J connectivity index is 2.24. The van der Waals surface area contributed by atoms with Gasteiger partial charge in [0.1, 0.15) is 16.0 Å². The highest BCUT2D eigenvalue weighted by Gasteiger charge is 2.37. The predicted octanol–water partition coefficient (Wildman–Crippen LogP) is 1.20. The molecule has 0 spiro atoms. The minimum Gasteiger partial charge on any atom is -0.321 e. The number of rotatable bonds is 4. The van der Waals surface area contributed by atoms with Crippen LogP contribution in [0, 0.1) is 0 Å². The molecule has 2 unspecified atom stereocenters. The average molecular weight is 317 g/mol. The number of halogens is 1. The monoisotopic (exact) mass is 316 g/mol. The molecule has 5 nitrogen and oxygen atoms in total. The van der Waals surface area contributed by atoms with Crippen molar-refractivity contribution in [3.05, 3.63) is 34.9 Å². The highest BCUT2D eigenvalue weighted by molar-refractivity contribution is 7.90. The fraction of sp³-hybridized carbons (Fsp3) is 0.462. The Kier molecular flexibility index (Phi) is 4.36. The molecule has 20 heavy (non-hydrogen) atoms. The van der Waals surface area contributed by atoms with Gasteiger partial charge < -0.3 is 4.90 Å². The Bertz CT molecular complexity index is 618. The van der Waals surface area contributed by atoms with Gasteiger partial charge in [-0.1, -0.05) is 23.7 Å². The number of nitrogens with one attached hydrogen (secondary N) is 1. The van der Waals surface area contributed by atoms with Crippen LogP contribution in [0.3, 0.4) is 0 Å². The molecule has 1 aromatic rings. The minimum absolute atomic E-state index is 0.0514. The van der Waals surface area contributed by atoms with E-state index in [0.29, 0.717) is 5.02 Å². The summed E-state index contributed by atoms with van der Waals surface area (Å²) in [4.78, 5) is 13.7. The van der Waals surface area contributed by atoms with E-state index in [1.165, 1.54) is 6.26 Å². The molecular formula is C13H17ClN2O3S. The molecule has 1 aliphatic heterocycles. The second kappa shape index (κ2) is 5.71. The van der Waals surface area contributed by atoms with E-state index in [-0.39, 0.29) is 30.4 Å². The third kappa shape index (κ3) is 3.50. The second-order valence-electron chi connectivity index (χ2n) is 5.01. The van der Waals surface area contributed by atoms with Gasteiger partial charge in [-0.25, -0.2) is 8.42 Å². The van der Waals surface area contributed by atoms with Crippen molar-refractivity contribution in [3.8, 4) is 0 Å². The molecule has 110 valence electrons. The summed E-state index contributed by atoms with van der Waals surface area (Å²) in [6, 6.07) is 6.87. The van der Waals surface area contributed by atoms with Crippen LogP contribution in [-0.4, -0.2) is 43.8 Å². The highest BCUT2D eigenvalue weighted by Crippen LogP contribution is 2.26. The third-order valence-corrected chi connectivity index (χ3v) is 4.40. The molecular weight excluding hydrogens is 300 g/mol. The number of nitrogens with zero attached hydrogens (tertiary/aromatic N) is 1. The van der Waals surface area contributed by atoms with Crippen molar-refractivity contribution in [2.45, 2.75) is 19.1 Å². The fourth-order valence-electron chi connectivity index (χ4n) is 2.23. The number of hydrogen-bond acceptors (Lipinski definition) is 4. The van der Waals surface area contributed by atoms with Crippen molar-refractivity contribution in [1.29, 1.82) is 0 Å². The second-order valence-corrected chi connectivity index (χ2v) is 7.70. The van der Waals surface area contributed by atoms with Crippen LogP contribution in [0.2, 0.25) is 5.02 Å². The molecule has 1 fully saturated rings. The highest BCUT2D eigenvalue weighted by atomic mass is 35.5. The summed E-state index contributed by atoms with van der Waals surface area (Å²) in [5.41, 5.74) is 0.851. The maximum absolute atomic E-state index is 12.1. The molecule has 1 saturated heterocycles. The molecule has 1 aliphatic rings. The van der Waals surface area contributed by atoms with Crippen LogP contribution in [0.1, 0.15) is 18.7 Å². The van der Waals surface area contributed by atoms with E-state index in [9.17, 15) is 13.2 Å². The SMILES string of the molecule is CC1NC(c2cccc(Cl)c2)N(CCS(C)(=O)=O)C1=O. The van der Waals surface area contributed by atoms with Gasteiger partial charge in [-0.2, -0.15) is 0 Å². The topological polar surface area (TPSA) is 66.5 Å². The Morgan fingerprint density at radius 1 is 1.40 bits per heavy atom. The first kappa shape index (κ1) is 15.3. The first-order valence-electron chi connectivity index (χ1n) is 6.27. The van der Waals surface area contributed by atoms with Crippen LogP contribution < -0.4 is 5.32 Å². The van der Waals surface area contributed by atoms with E-state index >= 15 is 0 Å². The maximum atomic E-state index is 12.1. The van der Waals surface area contributed by atoms with Gasteiger partial charge in [0.15, 0.2) is 0 Å². The van der Waals surface area contributed by atoms with Crippen molar-refractivity contribution in [2.24, 2.45) is 0 Å². The van der Waals surface area contributed by atoms with Crippen LogP contribution in [0.4, 0.5) is 0 Å². The van der Waals surface area contributed by atoms with Gasteiger partial charge in [0.05, 0.1) is 11.8 Å². The van der Waals surface area contributed by atoms with Gasteiger partial charge in [-0.3, -0.25) is 10.1 Å². The lowest BCUT2D eigenvalue weighted by Crippen LogP contribution is -2.34. The summed E-state index contributed by atoms with van der Waals surface area (Å²) in [7, 11) is -3.11. The number of sulfone groups is 1. The van der Waals surface area contributed by atoms with E-state index in [2.05, 4.69) is 5.32 Å². The number of hydrogen-bond donors (Lipinski definition) is 1. The van der Waals surface area contributed by atoms with E-state index in [0.717, 1.165) is 5.56 Å². The number of carbonyl (C=O) groups is 1. The third-order valence-electron chi connectivity index (χ3n) is 3.24. The molecule has 2 rings (SSSR count). The first-order chi connectivity index (χ1) is 9.28. The zero-order chi connectivity index (χ0) is 14.9. The summed E-state index contributed by atoms with van der Waals surface area (Å²) in [6.45, 7) is 1.94. The van der Waals surface area contributed by atoms with Gasteiger partial charge in [0.2, 0.25) is 5.91 Å². The quantitative estimate of drug-likeness (QED) is 0.906. The van der Waals surface area contributed by atoms with Crippen LogP contribution in [-0.2, 0) is 14.6 Å². The summed E-state index contributed by atoms with van der Waals surface area (Å²) in [6.07, 6.45) is 0.830. The molecule has 0 saturated carbocycles. The first-order valence-corrected chi connectivity index (χ1v) is 8.71. The number of carbonyl (C=O) groups excluding carboxylic acids is 1. The molecule has 0 aromatic heterocycles.